The van der Waals surface area contributed by atoms with Crippen molar-refractivity contribution in [3.05, 3.63) is 23.3 Å². The van der Waals surface area contributed by atoms with E-state index in [0.29, 0.717) is 18.2 Å². The van der Waals surface area contributed by atoms with Crippen LogP contribution in [0.5, 0.6) is 5.75 Å². The van der Waals surface area contributed by atoms with E-state index < -0.39 is 0 Å². The Balaban J connectivity index is 2.32. The van der Waals surface area contributed by atoms with Gasteiger partial charge in [0.2, 0.25) is 5.91 Å². The van der Waals surface area contributed by atoms with Crippen LogP contribution in [0.3, 0.4) is 0 Å². The molecule has 1 aliphatic carbocycles. The number of anilines is 1. The predicted octanol–water partition coefficient (Wildman–Crippen LogP) is 4.29. The molecule has 2 rings (SSSR count). The SMILES string of the molecule is CC(=O)Nc1cc(CNC(C)(C)C)c(O)c(C2CCCCC2)c1. The second-order valence-electron chi connectivity index (χ2n) is 7.69. The molecule has 1 aromatic carbocycles. The van der Waals surface area contributed by atoms with Crippen molar-refractivity contribution < 1.29 is 9.90 Å². The molecular formula is C19H30N2O2. The first-order valence-electron chi connectivity index (χ1n) is 8.64. The molecule has 0 heterocycles. The third-order valence-corrected chi connectivity index (χ3v) is 4.39. The summed E-state index contributed by atoms with van der Waals surface area (Å²) in [5.41, 5.74) is 2.59. The number of amides is 1. The lowest BCUT2D eigenvalue weighted by atomic mass is 9.82. The standard InChI is InChI=1S/C19H30N2O2/c1-13(22)21-16-10-15(12-20-19(2,3)4)18(23)17(11-16)14-8-6-5-7-9-14/h10-11,14,20,23H,5-9,12H2,1-4H3,(H,21,22). The van der Waals surface area contributed by atoms with Crippen LogP contribution in [-0.4, -0.2) is 16.6 Å². The lowest BCUT2D eigenvalue weighted by molar-refractivity contribution is -0.114. The minimum absolute atomic E-state index is 0.0263. The van der Waals surface area contributed by atoms with Crippen molar-refractivity contribution >= 4 is 11.6 Å². The van der Waals surface area contributed by atoms with E-state index in [0.717, 1.165) is 29.7 Å². The molecule has 1 aliphatic rings. The highest BCUT2D eigenvalue weighted by Crippen LogP contribution is 2.40. The molecule has 0 unspecified atom stereocenters. The molecule has 128 valence electrons. The Bertz CT molecular complexity index is 555. The molecule has 0 aromatic heterocycles. The van der Waals surface area contributed by atoms with Gasteiger partial charge >= 0.3 is 0 Å². The summed E-state index contributed by atoms with van der Waals surface area (Å²) < 4.78 is 0. The maximum atomic E-state index is 11.4. The van der Waals surface area contributed by atoms with Gasteiger partial charge in [0.25, 0.3) is 0 Å². The molecule has 4 nitrogen and oxygen atoms in total. The molecule has 1 amide bonds. The zero-order valence-electron chi connectivity index (χ0n) is 14.8. The molecule has 23 heavy (non-hydrogen) atoms. The van der Waals surface area contributed by atoms with Gasteiger partial charge in [-0.05, 0) is 57.2 Å². The zero-order valence-corrected chi connectivity index (χ0v) is 14.8. The summed E-state index contributed by atoms with van der Waals surface area (Å²) in [5, 5.41) is 17.0. The van der Waals surface area contributed by atoms with Crippen LogP contribution in [0, 0.1) is 0 Å². The topological polar surface area (TPSA) is 61.4 Å². The smallest absolute Gasteiger partial charge is 0.221 e. The van der Waals surface area contributed by atoms with E-state index in [9.17, 15) is 9.90 Å². The van der Waals surface area contributed by atoms with Crippen LogP contribution in [0.15, 0.2) is 12.1 Å². The second kappa shape index (κ2) is 7.35. The number of carbonyl (C=O) groups is 1. The van der Waals surface area contributed by atoms with Gasteiger partial charge in [-0.1, -0.05) is 19.3 Å². The van der Waals surface area contributed by atoms with E-state index in [-0.39, 0.29) is 11.4 Å². The third-order valence-electron chi connectivity index (χ3n) is 4.39. The van der Waals surface area contributed by atoms with Gasteiger partial charge in [0.15, 0.2) is 0 Å². The van der Waals surface area contributed by atoms with Gasteiger partial charge in [-0.3, -0.25) is 4.79 Å². The second-order valence-corrected chi connectivity index (χ2v) is 7.69. The summed E-state index contributed by atoms with van der Waals surface area (Å²) in [5.74, 6) is 0.702. The summed E-state index contributed by atoms with van der Waals surface area (Å²) >= 11 is 0. The lowest BCUT2D eigenvalue weighted by Crippen LogP contribution is -2.35. The fourth-order valence-corrected chi connectivity index (χ4v) is 3.21. The number of nitrogens with one attached hydrogen (secondary N) is 2. The first-order chi connectivity index (χ1) is 10.8. The van der Waals surface area contributed by atoms with E-state index in [1.165, 1.54) is 26.2 Å². The van der Waals surface area contributed by atoms with E-state index >= 15 is 0 Å². The number of aromatic hydroxyl groups is 1. The minimum Gasteiger partial charge on any atom is -0.507 e. The monoisotopic (exact) mass is 318 g/mol. The van der Waals surface area contributed by atoms with E-state index in [4.69, 9.17) is 0 Å². The van der Waals surface area contributed by atoms with Gasteiger partial charge in [0.05, 0.1) is 0 Å². The Kier molecular flexibility index (Phi) is 5.69. The molecule has 3 N–H and O–H groups in total. The van der Waals surface area contributed by atoms with Gasteiger partial charge in [0, 0.05) is 30.3 Å². The average Bonchev–Trinajstić information content (AvgIpc) is 2.47. The van der Waals surface area contributed by atoms with E-state index in [1.54, 1.807) is 0 Å². The molecule has 1 fully saturated rings. The van der Waals surface area contributed by atoms with Gasteiger partial charge in [-0.15, -0.1) is 0 Å². The summed E-state index contributed by atoms with van der Waals surface area (Å²) in [6, 6.07) is 3.83. The van der Waals surface area contributed by atoms with E-state index in [1.807, 2.05) is 12.1 Å². The van der Waals surface area contributed by atoms with Crippen molar-refractivity contribution in [1.82, 2.24) is 5.32 Å². The van der Waals surface area contributed by atoms with Gasteiger partial charge in [-0.25, -0.2) is 0 Å². The van der Waals surface area contributed by atoms with Crippen molar-refractivity contribution in [2.75, 3.05) is 5.32 Å². The maximum absolute atomic E-state index is 11.4. The summed E-state index contributed by atoms with van der Waals surface area (Å²) in [6.07, 6.45) is 5.93. The third kappa shape index (κ3) is 5.24. The van der Waals surface area contributed by atoms with Crippen LogP contribution in [-0.2, 0) is 11.3 Å². The predicted molar refractivity (Wildman–Crippen MR) is 94.8 cm³/mol. The molecule has 1 saturated carbocycles. The minimum atomic E-state index is -0.0833. The largest absolute Gasteiger partial charge is 0.507 e. The molecule has 4 heteroatoms. The number of benzene rings is 1. The molecule has 0 spiro atoms. The molecule has 0 bridgehead atoms. The number of hydrogen-bond donors (Lipinski definition) is 3. The van der Waals surface area contributed by atoms with Gasteiger partial charge in [0.1, 0.15) is 5.75 Å². The lowest BCUT2D eigenvalue weighted by Gasteiger charge is -2.26. The van der Waals surface area contributed by atoms with E-state index in [2.05, 4.69) is 31.4 Å². The Labute approximate surface area is 139 Å². The Morgan fingerprint density at radius 1 is 1.22 bits per heavy atom. The average molecular weight is 318 g/mol. The summed E-state index contributed by atoms with van der Waals surface area (Å²) in [7, 11) is 0. The van der Waals surface area contributed by atoms with Crippen LogP contribution in [0.25, 0.3) is 0 Å². The first-order valence-corrected chi connectivity index (χ1v) is 8.64. The number of phenolic OH excluding ortho intramolecular Hbond substituents is 1. The van der Waals surface area contributed by atoms with Gasteiger partial charge < -0.3 is 15.7 Å². The maximum Gasteiger partial charge on any atom is 0.221 e. The molecule has 0 atom stereocenters. The number of phenols is 1. The van der Waals surface area contributed by atoms with Crippen LogP contribution in [0.2, 0.25) is 0 Å². The first kappa shape index (κ1) is 17.8. The zero-order chi connectivity index (χ0) is 17.0. The number of hydrogen-bond acceptors (Lipinski definition) is 3. The van der Waals surface area contributed by atoms with Crippen molar-refractivity contribution in [3.8, 4) is 5.75 Å². The van der Waals surface area contributed by atoms with Crippen LogP contribution < -0.4 is 10.6 Å². The van der Waals surface area contributed by atoms with Crippen molar-refractivity contribution in [2.45, 2.75) is 77.8 Å². The van der Waals surface area contributed by atoms with Crippen molar-refractivity contribution in [3.63, 3.8) is 0 Å². The van der Waals surface area contributed by atoms with Crippen LogP contribution >= 0.6 is 0 Å². The molecular weight excluding hydrogens is 288 g/mol. The normalized spacial score (nSPS) is 16.3. The number of rotatable bonds is 4. The molecule has 0 saturated heterocycles. The molecule has 0 radical (unpaired) electrons. The fraction of sp³-hybridized carbons (Fsp3) is 0.632. The highest BCUT2D eigenvalue weighted by Gasteiger charge is 2.22. The Morgan fingerprint density at radius 3 is 2.43 bits per heavy atom. The highest BCUT2D eigenvalue weighted by molar-refractivity contribution is 5.89. The fourth-order valence-electron chi connectivity index (χ4n) is 3.21. The summed E-state index contributed by atoms with van der Waals surface area (Å²) in [4.78, 5) is 11.4. The summed E-state index contributed by atoms with van der Waals surface area (Å²) in [6.45, 7) is 8.40. The van der Waals surface area contributed by atoms with Crippen molar-refractivity contribution in [1.29, 1.82) is 0 Å². The molecule has 1 aromatic rings. The van der Waals surface area contributed by atoms with Crippen molar-refractivity contribution in [2.24, 2.45) is 0 Å². The van der Waals surface area contributed by atoms with Crippen LogP contribution in [0.1, 0.15) is 76.8 Å². The molecule has 0 aliphatic heterocycles. The Morgan fingerprint density at radius 2 is 1.87 bits per heavy atom. The Hall–Kier alpha value is -1.55. The number of carbonyl (C=O) groups excluding carboxylic acids is 1. The quantitative estimate of drug-likeness (QED) is 0.726. The highest BCUT2D eigenvalue weighted by atomic mass is 16.3. The van der Waals surface area contributed by atoms with Crippen LogP contribution in [0.4, 0.5) is 5.69 Å². The van der Waals surface area contributed by atoms with Gasteiger partial charge in [-0.2, -0.15) is 0 Å².